The topological polar surface area (TPSA) is 33.0 Å². The van der Waals surface area contributed by atoms with Crippen molar-refractivity contribution in [3.8, 4) is 11.8 Å². The van der Waals surface area contributed by atoms with Gasteiger partial charge in [0.1, 0.15) is 11.9 Å². The Kier molecular flexibility index (Phi) is 4.61. The van der Waals surface area contributed by atoms with E-state index in [1.807, 2.05) is 0 Å². The van der Waals surface area contributed by atoms with Gasteiger partial charge in [-0.1, -0.05) is 41.2 Å². The smallest absolute Gasteiger partial charge is 0.139 e. The van der Waals surface area contributed by atoms with Crippen molar-refractivity contribution in [3.05, 3.63) is 27.2 Å². The SMILES string of the molecule is N#CC1CCCCC1Oc1cc(Cl)c(Cl)cc1Cl. The summed E-state index contributed by atoms with van der Waals surface area (Å²) < 4.78 is 5.83. The molecule has 0 aromatic heterocycles. The van der Waals surface area contributed by atoms with E-state index in [9.17, 15) is 0 Å². The number of hydrogen-bond acceptors (Lipinski definition) is 2. The number of rotatable bonds is 2. The number of halogens is 3. The zero-order valence-corrected chi connectivity index (χ0v) is 11.9. The molecule has 5 heteroatoms. The van der Waals surface area contributed by atoms with Crippen LogP contribution in [0.5, 0.6) is 5.75 Å². The second-order valence-corrected chi connectivity index (χ2v) is 5.59. The van der Waals surface area contributed by atoms with Gasteiger partial charge in [0.15, 0.2) is 0 Å². The second-order valence-electron chi connectivity index (χ2n) is 4.37. The van der Waals surface area contributed by atoms with Crippen molar-refractivity contribution >= 4 is 34.8 Å². The summed E-state index contributed by atoms with van der Waals surface area (Å²) in [7, 11) is 0. The normalized spacial score (nSPS) is 23.4. The van der Waals surface area contributed by atoms with Crippen molar-refractivity contribution in [1.82, 2.24) is 0 Å². The highest BCUT2D eigenvalue weighted by atomic mass is 35.5. The van der Waals surface area contributed by atoms with Crippen LogP contribution >= 0.6 is 34.8 Å². The molecule has 0 bridgehead atoms. The van der Waals surface area contributed by atoms with E-state index < -0.39 is 0 Å². The van der Waals surface area contributed by atoms with Crippen molar-refractivity contribution in [3.63, 3.8) is 0 Å². The highest BCUT2D eigenvalue weighted by Crippen LogP contribution is 2.36. The van der Waals surface area contributed by atoms with Crippen LogP contribution in [0.1, 0.15) is 25.7 Å². The van der Waals surface area contributed by atoms with Crippen molar-refractivity contribution in [1.29, 1.82) is 5.26 Å². The van der Waals surface area contributed by atoms with E-state index in [2.05, 4.69) is 6.07 Å². The quantitative estimate of drug-likeness (QED) is 0.711. The third-order valence-corrected chi connectivity index (χ3v) is 4.14. The molecule has 0 spiro atoms. The molecule has 0 radical (unpaired) electrons. The molecule has 0 N–H and O–H groups in total. The number of benzene rings is 1. The predicted octanol–water partition coefficient (Wildman–Crippen LogP) is 5.11. The van der Waals surface area contributed by atoms with Crippen LogP contribution in [0.25, 0.3) is 0 Å². The Bertz CT molecular complexity index is 484. The zero-order valence-electron chi connectivity index (χ0n) is 9.63. The molecule has 1 fully saturated rings. The van der Waals surface area contributed by atoms with Crippen LogP contribution in [0.3, 0.4) is 0 Å². The van der Waals surface area contributed by atoms with Gasteiger partial charge >= 0.3 is 0 Å². The Morgan fingerprint density at radius 3 is 2.44 bits per heavy atom. The van der Waals surface area contributed by atoms with Gasteiger partial charge in [-0.3, -0.25) is 0 Å². The summed E-state index contributed by atoms with van der Waals surface area (Å²) >= 11 is 17.9. The van der Waals surface area contributed by atoms with Crippen LogP contribution < -0.4 is 4.74 Å². The lowest BCUT2D eigenvalue weighted by molar-refractivity contribution is 0.120. The van der Waals surface area contributed by atoms with Crippen molar-refractivity contribution in [2.75, 3.05) is 0 Å². The van der Waals surface area contributed by atoms with Gasteiger partial charge < -0.3 is 4.74 Å². The third-order valence-electron chi connectivity index (χ3n) is 3.12. The molecule has 96 valence electrons. The van der Waals surface area contributed by atoms with Crippen molar-refractivity contribution in [2.45, 2.75) is 31.8 Å². The molecule has 1 aliphatic carbocycles. The minimum absolute atomic E-state index is 0.0794. The fourth-order valence-electron chi connectivity index (χ4n) is 2.14. The van der Waals surface area contributed by atoms with Crippen LogP contribution in [0.2, 0.25) is 15.1 Å². The lowest BCUT2D eigenvalue weighted by atomic mass is 9.87. The van der Waals surface area contributed by atoms with Crippen LogP contribution in [-0.2, 0) is 0 Å². The lowest BCUT2D eigenvalue weighted by Crippen LogP contribution is -2.29. The molecule has 1 aliphatic rings. The van der Waals surface area contributed by atoms with E-state index in [1.54, 1.807) is 12.1 Å². The maximum Gasteiger partial charge on any atom is 0.139 e. The molecule has 2 rings (SSSR count). The summed E-state index contributed by atoms with van der Waals surface area (Å²) in [6, 6.07) is 5.46. The van der Waals surface area contributed by atoms with E-state index in [4.69, 9.17) is 44.8 Å². The Morgan fingerprint density at radius 2 is 1.72 bits per heavy atom. The maximum atomic E-state index is 9.10. The average molecular weight is 305 g/mol. The van der Waals surface area contributed by atoms with Gasteiger partial charge in [0.05, 0.1) is 27.1 Å². The van der Waals surface area contributed by atoms with Crippen LogP contribution in [0.4, 0.5) is 0 Å². The minimum atomic E-state index is -0.113. The second kappa shape index (κ2) is 6.02. The standard InChI is InChI=1S/C13H12Cl3NO/c14-9-5-11(16)13(6-10(9)15)18-12-4-2-1-3-8(12)7-17/h5-6,8,12H,1-4H2. The molecule has 2 nitrogen and oxygen atoms in total. The van der Waals surface area contributed by atoms with Crippen LogP contribution in [0, 0.1) is 17.2 Å². The molecule has 1 aromatic carbocycles. The lowest BCUT2D eigenvalue weighted by Gasteiger charge is -2.27. The Hall–Kier alpha value is -0.620. The summed E-state index contributed by atoms with van der Waals surface area (Å²) in [5, 5.41) is 10.3. The van der Waals surface area contributed by atoms with E-state index in [1.165, 1.54) is 0 Å². The van der Waals surface area contributed by atoms with Gasteiger partial charge in [-0.2, -0.15) is 5.26 Å². The summed E-state index contributed by atoms with van der Waals surface area (Å²) in [5.41, 5.74) is 0. The molecular formula is C13H12Cl3NO. The fourth-order valence-corrected chi connectivity index (χ4v) is 2.72. The van der Waals surface area contributed by atoms with Gasteiger partial charge in [-0.15, -0.1) is 0 Å². The number of nitriles is 1. The molecule has 2 unspecified atom stereocenters. The Labute approximate surface area is 121 Å². The van der Waals surface area contributed by atoms with E-state index in [-0.39, 0.29) is 12.0 Å². The summed E-state index contributed by atoms with van der Waals surface area (Å²) in [6.07, 6.45) is 3.78. The molecule has 0 amide bonds. The highest BCUT2D eigenvalue weighted by molar-refractivity contribution is 6.43. The number of nitrogens with zero attached hydrogens (tertiary/aromatic N) is 1. The van der Waals surface area contributed by atoms with Crippen molar-refractivity contribution in [2.24, 2.45) is 5.92 Å². The van der Waals surface area contributed by atoms with E-state index >= 15 is 0 Å². The average Bonchev–Trinajstić information content (AvgIpc) is 2.36. The first kappa shape index (κ1) is 13.8. The van der Waals surface area contributed by atoms with Gasteiger partial charge in [0.25, 0.3) is 0 Å². The first-order valence-electron chi connectivity index (χ1n) is 5.82. The summed E-state index contributed by atoms with van der Waals surface area (Å²) in [4.78, 5) is 0. The molecule has 2 atom stereocenters. The number of hydrogen-bond donors (Lipinski definition) is 0. The van der Waals surface area contributed by atoms with E-state index in [0.717, 1.165) is 25.7 Å². The van der Waals surface area contributed by atoms with E-state index in [0.29, 0.717) is 20.8 Å². The van der Waals surface area contributed by atoms with Gasteiger partial charge in [0.2, 0.25) is 0 Å². The summed E-state index contributed by atoms with van der Waals surface area (Å²) in [5.74, 6) is 0.419. The zero-order chi connectivity index (χ0) is 13.1. The first-order chi connectivity index (χ1) is 8.61. The number of ether oxygens (including phenoxy) is 1. The molecular weight excluding hydrogens is 293 g/mol. The first-order valence-corrected chi connectivity index (χ1v) is 6.96. The molecule has 0 saturated heterocycles. The van der Waals surface area contributed by atoms with Gasteiger partial charge in [-0.25, -0.2) is 0 Å². The molecule has 0 heterocycles. The summed E-state index contributed by atoms with van der Waals surface area (Å²) in [6.45, 7) is 0. The largest absolute Gasteiger partial charge is 0.487 e. The molecule has 1 saturated carbocycles. The van der Waals surface area contributed by atoms with Gasteiger partial charge in [-0.05, 0) is 25.3 Å². The molecule has 0 aliphatic heterocycles. The van der Waals surface area contributed by atoms with Crippen LogP contribution in [-0.4, -0.2) is 6.10 Å². The molecule has 18 heavy (non-hydrogen) atoms. The Balaban J connectivity index is 2.18. The fraction of sp³-hybridized carbons (Fsp3) is 0.462. The predicted molar refractivity (Wildman–Crippen MR) is 73.5 cm³/mol. The Morgan fingerprint density at radius 1 is 1.06 bits per heavy atom. The highest BCUT2D eigenvalue weighted by Gasteiger charge is 2.27. The monoisotopic (exact) mass is 303 g/mol. The van der Waals surface area contributed by atoms with Crippen molar-refractivity contribution < 1.29 is 4.74 Å². The third kappa shape index (κ3) is 3.03. The van der Waals surface area contributed by atoms with Gasteiger partial charge in [0, 0.05) is 6.07 Å². The maximum absolute atomic E-state index is 9.10. The van der Waals surface area contributed by atoms with Crippen LogP contribution in [0.15, 0.2) is 12.1 Å². The molecule has 1 aromatic rings. The minimum Gasteiger partial charge on any atom is -0.487 e.